The van der Waals surface area contributed by atoms with Crippen molar-refractivity contribution in [2.45, 2.75) is 6.92 Å². The number of carbonyl (C=O) groups is 3. The van der Waals surface area contributed by atoms with Crippen molar-refractivity contribution in [3.63, 3.8) is 0 Å². The molecular formula is C16H13Cl3N2O4. The minimum atomic E-state index is -0.731. The van der Waals surface area contributed by atoms with Gasteiger partial charge in [-0.1, -0.05) is 34.8 Å². The van der Waals surface area contributed by atoms with Crippen LogP contribution in [0, 0.1) is 0 Å². The molecule has 6 nitrogen and oxygen atoms in total. The van der Waals surface area contributed by atoms with Gasteiger partial charge in [-0.3, -0.25) is 9.59 Å². The van der Waals surface area contributed by atoms with Gasteiger partial charge in [0.1, 0.15) is 5.69 Å². The summed E-state index contributed by atoms with van der Waals surface area (Å²) in [6, 6.07) is 4.18. The number of amides is 1. The van der Waals surface area contributed by atoms with Crippen LogP contribution in [0.4, 0.5) is 5.69 Å². The summed E-state index contributed by atoms with van der Waals surface area (Å²) >= 11 is 17.6. The van der Waals surface area contributed by atoms with E-state index in [0.29, 0.717) is 5.56 Å². The van der Waals surface area contributed by atoms with Crippen LogP contribution in [-0.4, -0.2) is 28.8 Å². The monoisotopic (exact) mass is 402 g/mol. The average Bonchev–Trinajstić information content (AvgIpc) is 2.92. The van der Waals surface area contributed by atoms with E-state index in [4.69, 9.17) is 39.5 Å². The number of nitrogens with one attached hydrogen (secondary N) is 1. The van der Waals surface area contributed by atoms with Crippen molar-refractivity contribution in [1.82, 2.24) is 4.57 Å². The molecule has 0 aliphatic heterocycles. The molecule has 9 heteroatoms. The largest absolute Gasteiger partial charge is 0.451 e. The summed E-state index contributed by atoms with van der Waals surface area (Å²) in [5.41, 5.74) is 0.780. The van der Waals surface area contributed by atoms with E-state index in [0.717, 1.165) is 0 Å². The quantitative estimate of drug-likeness (QED) is 0.465. The van der Waals surface area contributed by atoms with Gasteiger partial charge in [0.05, 0.1) is 20.8 Å². The predicted octanol–water partition coefficient (Wildman–Crippen LogP) is 3.98. The molecule has 0 atom stereocenters. The molecule has 0 aliphatic carbocycles. The molecular weight excluding hydrogens is 391 g/mol. The minimum Gasteiger partial charge on any atom is -0.451 e. The van der Waals surface area contributed by atoms with Crippen molar-refractivity contribution >= 4 is 58.1 Å². The lowest BCUT2D eigenvalue weighted by atomic mass is 10.2. The van der Waals surface area contributed by atoms with Crippen LogP contribution >= 0.6 is 34.8 Å². The number of halogens is 3. The Morgan fingerprint density at radius 3 is 2.32 bits per heavy atom. The van der Waals surface area contributed by atoms with Crippen LogP contribution in [0.15, 0.2) is 24.4 Å². The topological polar surface area (TPSA) is 77.4 Å². The van der Waals surface area contributed by atoms with E-state index in [-0.39, 0.29) is 32.2 Å². The standard InChI is InChI=1S/C16H13Cl3N2O4/c1-8(22)9-3-14(21(2)6-9)16(24)25-7-15(23)20-13-5-11(18)10(17)4-12(13)19/h3-6H,7H2,1-2H3,(H,20,23). The number of anilines is 1. The number of carbonyl (C=O) groups excluding carboxylic acids is 3. The van der Waals surface area contributed by atoms with E-state index in [1.54, 1.807) is 7.05 Å². The lowest BCUT2D eigenvalue weighted by Gasteiger charge is -2.09. The molecule has 1 amide bonds. The zero-order valence-corrected chi connectivity index (χ0v) is 15.5. The van der Waals surface area contributed by atoms with Gasteiger partial charge >= 0.3 is 5.97 Å². The van der Waals surface area contributed by atoms with Crippen molar-refractivity contribution < 1.29 is 19.1 Å². The number of esters is 1. The van der Waals surface area contributed by atoms with E-state index in [9.17, 15) is 14.4 Å². The highest BCUT2D eigenvalue weighted by Gasteiger charge is 2.17. The van der Waals surface area contributed by atoms with Gasteiger partial charge in [0, 0.05) is 18.8 Å². The molecule has 0 spiro atoms. The van der Waals surface area contributed by atoms with Crippen LogP contribution in [0.5, 0.6) is 0 Å². The summed E-state index contributed by atoms with van der Waals surface area (Å²) in [6.07, 6.45) is 1.51. The highest BCUT2D eigenvalue weighted by Crippen LogP contribution is 2.32. The average molecular weight is 404 g/mol. The number of aryl methyl sites for hydroxylation is 1. The SMILES string of the molecule is CC(=O)c1cc(C(=O)OCC(=O)Nc2cc(Cl)c(Cl)cc2Cl)n(C)c1. The minimum absolute atomic E-state index is 0.158. The molecule has 1 aromatic carbocycles. The Bertz CT molecular complexity index is 861. The van der Waals surface area contributed by atoms with Crippen molar-refractivity contribution in [3.05, 3.63) is 50.7 Å². The summed E-state index contributed by atoms with van der Waals surface area (Å²) < 4.78 is 6.40. The zero-order chi connectivity index (χ0) is 18.7. The number of aromatic nitrogens is 1. The molecule has 1 heterocycles. The molecule has 2 rings (SSSR count). The number of rotatable bonds is 5. The number of hydrogen-bond donors (Lipinski definition) is 1. The van der Waals surface area contributed by atoms with Gasteiger partial charge in [0.15, 0.2) is 12.4 Å². The molecule has 2 aromatic rings. The van der Waals surface area contributed by atoms with Crippen molar-refractivity contribution in [1.29, 1.82) is 0 Å². The number of benzene rings is 1. The predicted molar refractivity (Wildman–Crippen MR) is 95.8 cm³/mol. The molecule has 0 radical (unpaired) electrons. The van der Waals surface area contributed by atoms with Gasteiger partial charge < -0.3 is 14.6 Å². The summed E-state index contributed by atoms with van der Waals surface area (Å²) in [7, 11) is 1.60. The van der Waals surface area contributed by atoms with Crippen molar-refractivity contribution in [3.8, 4) is 0 Å². The fourth-order valence-electron chi connectivity index (χ4n) is 1.97. The van der Waals surface area contributed by atoms with E-state index < -0.39 is 18.5 Å². The van der Waals surface area contributed by atoms with Gasteiger partial charge in [0.2, 0.25) is 0 Å². The van der Waals surface area contributed by atoms with Crippen molar-refractivity contribution in [2.24, 2.45) is 7.05 Å². The first-order valence-corrected chi connectivity index (χ1v) is 8.11. The molecule has 132 valence electrons. The second-order valence-electron chi connectivity index (χ2n) is 5.15. The first-order chi connectivity index (χ1) is 11.7. The van der Waals surface area contributed by atoms with E-state index >= 15 is 0 Å². The highest BCUT2D eigenvalue weighted by atomic mass is 35.5. The van der Waals surface area contributed by atoms with Gasteiger partial charge in [-0.05, 0) is 25.1 Å². The number of nitrogens with zero attached hydrogens (tertiary/aromatic N) is 1. The molecule has 0 aliphatic rings. The second-order valence-corrected chi connectivity index (χ2v) is 6.37. The molecule has 0 saturated heterocycles. The number of ether oxygens (including phenoxy) is 1. The molecule has 0 unspecified atom stereocenters. The summed E-state index contributed by atoms with van der Waals surface area (Å²) in [5, 5.41) is 3.14. The fourth-order valence-corrected chi connectivity index (χ4v) is 2.56. The third-order valence-corrected chi connectivity index (χ3v) is 4.27. The Morgan fingerprint density at radius 1 is 1.08 bits per heavy atom. The van der Waals surface area contributed by atoms with Gasteiger partial charge in [-0.15, -0.1) is 0 Å². The summed E-state index contributed by atoms with van der Waals surface area (Å²) in [5.74, 6) is -1.51. The molecule has 0 bridgehead atoms. The van der Waals surface area contributed by atoms with Crippen LogP contribution < -0.4 is 5.32 Å². The molecule has 0 fully saturated rings. The van der Waals surface area contributed by atoms with Crippen LogP contribution in [0.2, 0.25) is 15.1 Å². The first kappa shape index (κ1) is 19.3. The van der Waals surface area contributed by atoms with Crippen LogP contribution in [0.1, 0.15) is 27.8 Å². The zero-order valence-electron chi connectivity index (χ0n) is 13.2. The van der Waals surface area contributed by atoms with Gasteiger partial charge in [-0.2, -0.15) is 0 Å². The maximum absolute atomic E-state index is 12.0. The second kappa shape index (κ2) is 7.91. The first-order valence-electron chi connectivity index (χ1n) is 6.98. The molecule has 1 N–H and O–H groups in total. The Kier molecular flexibility index (Phi) is 6.11. The number of Topliss-reactive ketones (excluding diaryl/α,β-unsaturated/α-hetero) is 1. The lowest BCUT2D eigenvalue weighted by Crippen LogP contribution is -2.22. The third-order valence-electron chi connectivity index (χ3n) is 3.24. The molecule has 25 heavy (non-hydrogen) atoms. The Labute approximate surface area is 158 Å². The van der Waals surface area contributed by atoms with Crippen LogP contribution in [-0.2, 0) is 16.6 Å². The smallest absolute Gasteiger partial charge is 0.355 e. The normalized spacial score (nSPS) is 10.4. The van der Waals surface area contributed by atoms with Crippen LogP contribution in [0.25, 0.3) is 0 Å². The van der Waals surface area contributed by atoms with E-state index in [1.807, 2.05) is 0 Å². The lowest BCUT2D eigenvalue weighted by molar-refractivity contribution is -0.119. The molecule has 0 saturated carbocycles. The highest BCUT2D eigenvalue weighted by molar-refractivity contribution is 6.44. The Balaban J connectivity index is 1.99. The number of ketones is 1. The van der Waals surface area contributed by atoms with Crippen molar-refractivity contribution in [2.75, 3.05) is 11.9 Å². The fraction of sp³-hybridized carbons (Fsp3) is 0.188. The summed E-state index contributed by atoms with van der Waals surface area (Å²) in [4.78, 5) is 35.3. The van der Waals surface area contributed by atoms with Gasteiger partial charge in [0.25, 0.3) is 5.91 Å². The maximum Gasteiger partial charge on any atom is 0.355 e. The number of hydrogen-bond acceptors (Lipinski definition) is 4. The molecule has 1 aromatic heterocycles. The third kappa shape index (κ3) is 4.75. The Hall–Kier alpha value is -2.02. The summed E-state index contributed by atoms with van der Waals surface area (Å²) in [6.45, 7) is 0.856. The maximum atomic E-state index is 12.0. The van der Waals surface area contributed by atoms with E-state index in [1.165, 1.54) is 35.9 Å². The van der Waals surface area contributed by atoms with Crippen LogP contribution in [0.3, 0.4) is 0 Å². The van der Waals surface area contributed by atoms with E-state index in [2.05, 4.69) is 5.32 Å². The Morgan fingerprint density at radius 2 is 1.72 bits per heavy atom. The van der Waals surface area contributed by atoms with Gasteiger partial charge in [-0.25, -0.2) is 4.79 Å².